The van der Waals surface area contributed by atoms with Crippen LogP contribution in [0.5, 0.6) is 0 Å². The van der Waals surface area contributed by atoms with Crippen LogP contribution in [0.25, 0.3) is 0 Å². The van der Waals surface area contributed by atoms with Gasteiger partial charge in [0.05, 0.1) is 5.69 Å². The number of para-hydroxylation sites is 1. The number of rotatable bonds is 3. The van der Waals surface area contributed by atoms with E-state index in [9.17, 15) is 4.79 Å². The molecular formula is C14H15N3OS. The Bertz CT molecular complexity index is 608. The van der Waals surface area contributed by atoms with Gasteiger partial charge in [-0.15, -0.1) is 11.3 Å². The number of hydrogen-bond acceptors (Lipinski definition) is 4. The predicted octanol–water partition coefficient (Wildman–Crippen LogP) is 2.25. The van der Waals surface area contributed by atoms with E-state index in [-0.39, 0.29) is 5.91 Å². The lowest BCUT2D eigenvalue weighted by molar-refractivity contribution is -0.118. The van der Waals surface area contributed by atoms with Crippen LogP contribution in [0.3, 0.4) is 0 Å². The zero-order chi connectivity index (χ0) is 13.2. The van der Waals surface area contributed by atoms with E-state index in [2.05, 4.69) is 11.1 Å². The number of fused-ring (bicyclic) bond motifs is 1. The summed E-state index contributed by atoms with van der Waals surface area (Å²) in [5, 5.41) is 2.48. The first-order chi connectivity index (χ1) is 9.24. The first-order valence-electron chi connectivity index (χ1n) is 6.32. The van der Waals surface area contributed by atoms with Gasteiger partial charge >= 0.3 is 0 Å². The van der Waals surface area contributed by atoms with E-state index in [1.807, 2.05) is 28.5 Å². The lowest BCUT2D eigenvalue weighted by Gasteiger charge is -2.16. The van der Waals surface area contributed by atoms with Crippen molar-refractivity contribution in [2.45, 2.75) is 19.3 Å². The van der Waals surface area contributed by atoms with Crippen LogP contribution in [0, 0.1) is 0 Å². The monoisotopic (exact) mass is 273 g/mol. The maximum atomic E-state index is 12.3. The molecule has 2 N–H and O–H groups in total. The zero-order valence-corrected chi connectivity index (χ0v) is 11.3. The van der Waals surface area contributed by atoms with Crippen LogP contribution in [0.15, 0.2) is 29.6 Å². The van der Waals surface area contributed by atoms with E-state index in [4.69, 9.17) is 5.73 Å². The normalized spacial score (nSPS) is 13.6. The van der Waals surface area contributed by atoms with Gasteiger partial charge in [-0.3, -0.25) is 4.79 Å². The van der Waals surface area contributed by atoms with Gasteiger partial charge in [0, 0.05) is 24.0 Å². The molecule has 1 aromatic carbocycles. The van der Waals surface area contributed by atoms with Crippen LogP contribution in [0.1, 0.15) is 17.7 Å². The highest BCUT2D eigenvalue weighted by molar-refractivity contribution is 7.13. The van der Waals surface area contributed by atoms with Gasteiger partial charge in [-0.25, -0.2) is 4.98 Å². The molecule has 1 aliphatic heterocycles. The summed E-state index contributed by atoms with van der Waals surface area (Å²) in [5.74, 6) is 0.163. The lowest BCUT2D eigenvalue weighted by Crippen LogP contribution is -2.29. The van der Waals surface area contributed by atoms with E-state index < -0.39 is 0 Å². The zero-order valence-electron chi connectivity index (χ0n) is 10.5. The van der Waals surface area contributed by atoms with Crippen molar-refractivity contribution in [3.05, 3.63) is 40.9 Å². The molecule has 1 amide bonds. The molecule has 0 saturated carbocycles. The smallest absolute Gasteiger partial charge is 0.227 e. The summed E-state index contributed by atoms with van der Waals surface area (Å²) in [6.45, 7) is 0.789. The minimum atomic E-state index is 0.163. The largest absolute Gasteiger partial charge is 0.375 e. The molecule has 0 atom stereocenters. The van der Waals surface area contributed by atoms with Crippen molar-refractivity contribution in [2.24, 2.45) is 0 Å². The number of benzene rings is 1. The maximum Gasteiger partial charge on any atom is 0.227 e. The fraction of sp³-hybridized carbons (Fsp3) is 0.286. The van der Waals surface area contributed by atoms with Crippen LogP contribution in [0.2, 0.25) is 0 Å². The summed E-state index contributed by atoms with van der Waals surface area (Å²) in [7, 11) is 0. The first kappa shape index (κ1) is 12.2. The van der Waals surface area contributed by atoms with Crippen molar-refractivity contribution >= 4 is 28.1 Å². The number of nitrogens with two attached hydrogens (primary N) is 1. The Hall–Kier alpha value is -1.88. The number of hydrogen-bond donors (Lipinski definition) is 1. The number of aryl methyl sites for hydroxylation is 1. The Morgan fingerprint density at radius 1 is 1.42 bits per heavy atom. The van der Waals surface area contributed by atoms with Crippen molar-refractivity contribution in [3.8, 4) is 0 Å². The highest BCUT2D eigenvalue weighted by Crippen LogP contribution is 2.28. The van der Waals surface area contributed by atoms with E-state index in [1.54, 1.807) is 0 Å². The molecule has 4 nitrogen and oxygen atoms in total. The molecule has 98 valence electrons. The summed E-state index contributed by atoms with van der Waals surface area (Å²) < 4.78 is 0. The molecule has 0 unspecified atom stereocenters. The second-order valence-electron chi connectivity index (χ2n) is 4.60. The van der Waals surface area contributed by atoms with Crippen molar-refractivity contribution < 1.29 is 4.79 Å². The van der Waals surface area contributed by atoms with Gasteiger partial charge in [0.25, 0.3) is 0 Å². The highest BCUT2D eigenvalue weighted by Gasteiger charge is 2.23. The number of carbonyl (C=O) groups is 1. The van der Waals surface area contributed by atoms with Crippen molar-refractivity contribution in [3.63, 3.8) is 0 Å². The van der Waals surface area contributed by atoms with E-state index in [0.29, 0.717) is 18.0 Å². The summed E-state index contributed by atoms with van der Waals surface area (Å²) in [5.41, 5.74) is 8.81. The summed E-state index contributed by atoms with van der Waals surface area (Å²) in [6, 6.07) is 8.10. The molecule has 0 spiro atoms. The average Bonchev–Trinajstić information content (AvgIpc) is 3.02. The Morgan fingerprint density at radius 2 is 2.26 bits per heavy atom. The van der Waals surface area contributed by atoms with Crippen LogP contribution in [0.4, 0.5) is 10.8 Å². The number of nitrogen functional groups attached to an aromatic ring is 1. The molecule has 0 bridgehead atoms. The van der Waals surface area contributed by atoms with Gasteiger partial charge < -0.3 is 10.6 Å². The summed E-state index contributed by atoms with van der Waals surface area (Å²) in [6.07, 6.45) is 2.09. The van der Waals surface area contributed by atoms with Gasteiger partial charge in [-0.05, 0) is 24.5 Å². The van der Waals surface area contributed by atoms with Crippen LogP contribution >= 0.6 is 11.3 Å². The third-order valence-corrected chi connectivity index (χ3v) is 4.08. The van der Waals surface area contributed by atoms with Gasteiger partial charge in [0.15, 0.2) is 5.13 Å². The fourth-order valence-corrected chi connectivity index (χ4v) is 3.00. The molecule has 2 aromatic rings. The Morgan fingerprint density at radius 3 is 3.05 bits per heavy atom. The quantitative estimate of drug-likeness (QED) is 0.933. The highest BCUT2D eigenvalue weighted by atomic mass is 32.1. The Kier molecular flexibility index (Phi) is 3.21. The molecule has 1 aromatic heterocycles. The van der Waals surface area contributed by atoms with E-state index >= 15 is 0 Å². The fourth-order valence-electron chi connectivity index (χ4n) is 2.40. The molecule has 0 radical (unpaired) electrons. The molecule has 2 heterocycles. The topological polar surface area (TPSA) is 59.2 Å². The molecule has 5 heteroatoms. The van der Waals surface area contributed by atoms with Gasteiger partial charge in [0.1, 0.15) is 0 Å². The molecule has 0 fully saturated rings. The second kappa shape index (κ2) is 5.01. The molecule has 1 aliphatic rings. The third-order valence-electron chi connectivity index (χ3n) is 3.35. The third kappa shape index (κ3) is 2.46. The van der Waals surface area contributed by atoms with Crippen LogP contribution < -0.4 is 10.6 Å². The second-order valence-corrected chi connectivity index (χ2v) is 5.49. The number of anilines is 2. The summed E-state index contributed by atoms with van der Waals surface area (Å²) in [4.78, 5) is 18.3. The predicted molar refractivity (Wildman–Crippen MR) is 77.3 cm³/mol. The van der Waals surface area contributed by atoms with Crippen molar-refractivity contribution in [1.29, 1.82) is 0 Å². The number of amides is 1. The van der Waals surface area contributed by atoms with Gasteiger partial charge in [0.2, 0.25) is 5.91 Å². The Balaban J connectivity index is 1.66. The number of thiazole rings is 1. The minimum absolute atomic E-state index is 0.163. The van der Waals surface area contributed by atoms with Gasteiger partial charge in [-0.1, -0.05) is 18.2 Å². The standard InChI is InChI=1S/C14H15N3OS/c15-14-16-11(9-19-14)5-6-13(18)17-8-7-10-3-1-2-4-12(10)17/h1-4,9H,5-8H2,(H2,15,16). The number of carbonyl (C=O) groups excluding carboxylic acids is 1. The van der Waals surface area contributed by atoms with Crippen molar-refractivity contribution in [2.75, 3.05) is 17.2 Å². The van der Waals surface area contributed by atoms with Crippen LogP contribution in [-0.2, 0) is 17.6 Å². The molecule has 0 saturated heterocycles. The van der Waals surface area contributed by atoms with Gasteiger partial charge in [-0.2, -0.15) is 0 Å². The SMILES string of the molecule is Nc1nc(CCC(=O)N2CCc3ccccc32)cs1. The molecule has 0 aliphatic carbocycles. The Labute approximate surface area is 115 Å². The number of aromatic nitrogens is 1. The molecule has 19 heavy (non-hydrogen) atoms. The van der Waals surface area contributed by atoms with Crippen LogP contribution in [-0.4, -0.2) is 17.4 Å². The van der Waals surface area contributed by atoms with E-state index in [0.717, 1.165) is 24.3 Å². The van der Waals surface area contributed by atoms with Crippen molar-refractivity contribution in [1.82, 2.24) is 4.98 Å². The average molecular weight is 273 g/mol. The molecule has 3 rings (SSSR count). The first-order valence-corrected chi connectivity index (χ1v) is 7.20. The molecular weight excluding hydrogens is 258 g/mol. The maximum absolute atomic E-state index is 12.3. The van der Waals surface area contributed by atoms with E-state index in [1.165, 1.54) is 16.9 Å². The lowest BCUT2D eigenvalue weighted by atomic mass is 10.2. The summed E-state index contributed by atoms with van der Waals surface area (Å²) >= 11 is 1.42. The number of nitrogens with zero attached hydrogens (tertiary/aromatic N) is 2. The minimum Gasteiger partial charge on any atom is -0.375 e.